The first kappa shape index (κ1) is 16.6. The molecule has 2 rings (SSSR count). The number of benzene rings is 1. The van der Waals surface area contributed by atoms with Crippen molar-refractivity contribution < 1.29 is 4.74 Å². The molecule has 4 heteroatoms. The number of hydrogen-bond acceptors (Lipinski definition) is 3. The standard InChI is InChI=1S/C17H27ClN2O/c1-3-10-21-16-6-5-9-20(13-16)17-8-7-15(18)11-14(17)12-19-4-2/h7-8,11,16,19H,3-6,9-10,12-13H2,1-2H3. The van der Waals surface area contributed by atoms with Crippen molar-refractivity contribution in [2.75, 3.05) is 31.1 Å². The summed E-state index contributed by atoms with van der Waals surface area (Å²) in [6.07, 6.45) is 3.81. The summed E-state index contributed by atoms with van der Waals surface area (Å²) >= 11 is 6.16. The van der Waals surface area contributed by atoms with Gasteiger partial charge in [-0.2, -0.15) is 0 Å². The van der Waals surface area contributed by atoms with Gasteiger partial charge in [-0.15, -0.1) is 0 Å². The highest BCUT2D eigenvalue weighted by molar-refractivity contribution is 6.30. The van der Waals surface area contributed by atoms with Crippen LogP contribution in [0.3, 0.4) is 0 Å². The Bertz CT molecular complexity index is 439. The molecule has 1 saturated heterocycles. The number of anilines is 1. The van der Waals surface area contributed by atoms with Crippen molar-refractivity contribution in [1.29, 1.82) is 0 Å². The lowest BCUT2D eigenvalue weighted by Crippen LogP contribution is -2.40. The molecule has 1 aromatic rings. The van der Waals surface area contributed by atoms with Gasteiger partial charge in [-0.05, 0) is 49.6 Å². The van der Waals surface area contributed by atoms with Gasteiger partial charge >= 0.3 is 0 Å². The van der Waals surface area contributed by atoms with Crippen LogP contribution in [-0.2, 0) is 11.3 Å². The van der Waals surface area contributed by atoms with Gasteiger partial charge in [0.15, 0.2) is 0 Å². The third-order valence-corrected chi connectivity index (χ3v) is 4.12. The SMILES string of the molecule is CCCOC1CCCN(c2ccc(Cl)cc2CNCC)C1. The number of nitrogens with one attached hydrogen (secondary N) is 1. The van der Waals surface area contributed by atoms with E-state index in [1.807, 2.05) is 6.07 Å². The number of ether oxygens (including phenoxy) is 1. The lowest BCUT2D eigenvalue weighted by atomic mass is 10.0. The number of halogens is 1. The molecule has 0 aliphatic carbocycles. The maximum atomic E-state index is 6.16. The van der Waals surface area contributed by atoms with Crippen LogP contribution in [0, 0.1) is 0 Å². The van der Waals surface area contributed by atoms with Gasteiger partial charge in [0.25, 0.3) is 0 Å². The maximum Gasteiger partial charge on any atom is 0.0750 e. The monoisotopic (exact) mass is 310 g/mol. The van der Waals surface area contributed by atoms with Crippen molar-refractivity contribution in [1.82, 2.24) is 5.32 Å². The van der Waals surface area contributed by atoms with Crippen LogP contribution < -0.4 is 10.2 Å². The first-order valence-electron chi connectivity index (χ1n) is 8.10. The molecule has 0 saturated carbocycles. The third kappa shape index (κ3) is 4.87. The Kier molecular flexibility index (Phi) is 6.81. The molecule has 1 fully saturated rings. The molecule has 118 valence electrons. The largest absolute Gasteiger partial charge is 0.376 e. The highest BCUT2D eigenvalue weighted by Gasteiger charge is 2.22. The van der Waals surface area contributed by atoms with E-state index in [9.17, 15) is 0 Å². The molecule has 1 unspecified atom stereocenters. The molecular weight excluding hydrogens is 284 g/mol. The molecule has 1 atom stereocenters. The van der Waals surface area contributed by atoms with E-state index >= 15 is 0 Å². The maximum absolute atomic E-state index is 6.16. The number of nitrogens with zero attached hydrogens (tertiary/aromatic N) is 1. The van der Waals surface area contributed by atoms with Gasteiger partial charge in [-0.3, -0.25) is 0 Å². The smallest absolute Gasteiger partial charge is 0.0750 e. The molecule has 0 amide bonds. The topological polar surface area (TPSA) is 24.5 Å². The van der Waals surface area contributed by atoms with Crippen LogP contribution in [-0.4, -0.2) is 32.3 Å². The van der Waals surface area contributed by atoms with E-state index in [4.69, 9.17) is 16.3 Å². The summed E-state index contributed by atoms with van der Waals surface area (Å²) in [6, 6.07) is 6.22. The zero-order valence-electron chi connectivity index (χ0n) is 13.2. The van der Waals surface area contributed by atoms with Crippen LogP contribution in [0.15, 0.2) is 18.2 Å². The molecule has 1 aliphatic rings. The summed E-state index contributed by atoms with van der Waals surface area (Å²) in [5.41, 5.74) is 2.57. The van der Waals surface area contributed by atoms with Crippen molar-refractivity contribution in [2.24, 2.45) is 0 Å². The molecular formula is C17H27ClN2O. The quantitative estimate of drug-likeness (QED) is 0.828. The first-order chi connectivity index (χ1) is 10.2. The minimum atomic E-state index is 0.362. The summed E-state index contributed by atoms with van der Waals surface area (Å²) in [5.74, 6) is 0. The van der Waals surface area contributed by atoms with Crippen molar-refractivity contribution in [3.8, 4) is 0 Å². The first-order valence-corrected chi connectivity index (χ1v) is 8.48. The summed E-state index contributed by atoms with van der Waals surface area (Å²) in [6.45, 7) is 9.07. The Balaban J connectivity index is 2.08. The van der Waals surface area contributed by atoms with Gasteiger partial charge in [-0.25, -0.2) is 0 Å². The highest BCUT2D eigenvalue weighted by atomic mass is 35.5. The van der Waals surface area contributed by atoms with E-state index in [0.717, 1.165) is 44.2 Å². The molecule has 3 nitrogen and oxygen atoms in total. The fraction of sp³-hybridized carbons (Fsp3) is 0.647. The Morgan fingerprint density at radius 1 is 1.38 bits per heavy atom. The second kappa shape index (κ2) is 8.62. The average molecular weight is 311 g/mol. The summed E-state index contributed by atoms with van der Waals surface area (Å²) in [5, 5.41) is 4.21. The van der Waals surface area contributed by atoms with Gasteiger partial charge in [0, 0.05) is 37.0 Å². The molecule has 1 N–H and O–H groups in total. The minimum Gasteiger partial charge on any atom is -0.376 e. The number of piperidine rings is 1. The van der Waals surface area contributed by atoms with Crippen molar-refractivity contribution in [3.63, 3.8) is 0 Å². The second-order valence-electron chi connectivity index (χ2n) is 5.63. The van der Waals surface area contributed by atoms with Gasteiger partial charge < -0.3 is 15.0 Å². The van der Waals surface area contributed by atoms with E-state index in [0.29, 0.717) is 6.10 Å². The predicted molar refractivity (Wildman–Crippen MR) is 90.3 cm³/mol. The van der Waals surface area contributed by atoms with E-state index in [-0.39, 0.29) is 0 Å². The fourth-order valence-electron chi connectivity index (χ4n) is 2.84. The van der Waals surface area contributed by atoms with E-state index in [1.165, 1.54) is 24.1 Å². The number of rotatable bonds is 7. The second-order valence-corrected chi connectivity index (χ2v) is 6.07. The summed E-state index contributed by atoms with van der Waals surface area (Å²) in [7, 11) is 0. The minimum absolute atomic E-state index is 0.362. The lowest BCUT2D eigenvalue weighted by molar-refractivity contribution is 0.0440. The molecule has 1 aromatic carbocycles. The highest BCUT2D eigenvalue weighted by Crippen LogP contribution is 2.27. The Hall–Kier alpha value is -0.770. The average Bonchev–Trinajstić information content (AvgIpc) is 2.51. The lowest BCUT2D eigenvalue weighted by Gasteiger charge is -2.35. The van der Waals surface area contributed by atoms with Crippen LogP contribution >= 0.6 is 11.6 Å². The summed E-state index contributed by atoms with van der Waals surface area (Å²) in [4.78, 5) is 2.45. The van der Waals surface area contributed by atoms with Crippen LogP contribution in [0.5, 0.6) is 0 Å². The molecule has 21 heavy (non-hydrogen) atoms. The van der Waals surface area contributed by atoms with Crippen LogP contribution in [0.1, 0.15) is 38.7 Å². The van der Waals surface area contributed by atoms with E-state index in [2.05, 4.69) is 36.2 Å². The van der Waals surface area contributed by atoms with Crippen molar-refractivity contribution in [2.45, 2.75) is 45.8 Å². The van der Waals surface area contributed by atoms with E-state index in [1.54, 1.807) is 0 Å². The van der Waals surface area contributed by atoms with Crippen LogP contribution in [0.2, 0.25) is 5.02 Å². The molecule has 0 bridgehead atoms. The van der Waals surface area contributed by atoms with Gasteiger partial charge in [0.05, 0.1) is 6.10 Å². The molecule has 0 spiro atoms. The Labute approximate surface area is 133 Å². The van der Waals surface area contributed by atoms with Crippen LogP contribution in [0.4, 0.5) is 5.69 Å². The van der Waals surface area contributed by atoms with Gasteiger partial charge in [0.1, 0.15) is 0 Å². The number of hydrogen-bond donors (Lipinski definition) is 1. The third-order valence-electron chi connectivity index (χ3n) is 3.88. The zero-order chi connectivity index (χ0) is 15.1. The fourth-order valence-corrected chi connectivity index (χ4v) is 3.04. The van der Waals surface area contributed by atoms with Crippen molar-refractivity contribution >= 4 is 17.3 Å². The predicted octanol–water partition coefficient (Wildman–Crippen LogP) is 3.84. The molecule has 0 aromatic heterocycles. The van der Waals surface area contributed by atoms with Gasteiger partial charge in [0.2, 0.25) is 0 Å². The van der Waals surface area contributed by atoms with Crippen LogP contribution in [0.25, 0.3) is 0 Å². The van der Waals surface area contributed by atoms with Gasteiger partial charge in [-0.1, -0.05) is 25.4 Å². The molecule has 1 heterocycles. The summed E-state index contributed by atoms with van der Waals surface area (Å²) < 4.78 is 5.95. The Morgan fingerprint density at radius 2 is 2.24 bits per heavy atom. The van der Waals surface area contributed by atoms with E-state index < -0.39 is 0 Å². The molecule has 0 radical (unpaired) electrons. The molecule has 1 aliphatic heterocycles. The Morgan fingerprint density at radius 3 is 3.00 bits per heavy atom. The normalized spacial score (nSPS) is 19.0. The van der Waals surface area contributed by atoms with Crippen molar-refractivity contribution in [3.05, 3.63) is 28.8 Å². The zero-order valence-corrected chi connectivity index (χ0v) is 14.0.